The van der Waals surface area contributed by atoms with Gasteiger partial charge in [-0.05, 0) is 24.3 Å². The van der Waals surface area contributed by atoms with E-state index in [-0.39, 0.29) is 12.5 Å². The molecule has 2 aromatic rings. The van der Waals surface area contributed by atoms with Gasteiger partial charge < -0.3 is 20.3 Å². The summed E-state index contributed by atoms with van der Waals surface area (Å²) < 4.78 is 5.09. The van der Waals surface area contributed by atoms with Gasteiger partial charge in [-0.2, -0.15) is 0 Å². The number of quaternary nitrogens is 1. The van der Waals surface area contributed by atoms with Gasteiger partial charge in [0.05, 0.1) is 14.2 Å². The number of amides is 4. The van der Waals surface area contributed by atoms with Crippen LogP contribution in [-0.2, 0) is 9.59 Å². The Morgan fingerprint density at radius 1 is 1.04 bits per heavy atom. The molecule has 2 aromatic carbocycles. The first-order valence-corrected chi connectivity index (χ1v) is 8.78. The summed E-state index contributed by atoms with van der Waals surface area (Å²) in [6, 6.07) is 14.7. The van der Waals surface area contributed by atoms with Gasteiger partial charge in [0.2, 0.25) is 0 Å². The minimum Gasteiger partial charge on any atom is -0.497 e. The van der Waals surface area contributed by atoms with Gasteiger partial charge in [0.1, 0.15) is 5.75 Å². The molecule has 0 aliphatic rings. The molecule has 4 N–H and O–H groups in total. The minimum absolute atomic E-state index is 0.0345. The van der Waals surface area contributed by atoms with Crippen molar-refractivity contribution >= 4 is 23.5 Å². The second-order valence-corrected chi connectivity index (χ2v) is 6.21. The first-order valence-electron chi connectivity index (χ1n) is 8.78. The molecule has 4 amide bonds. The lowest BCUT2D eigenvalue weighted by Gasteiger charge is -2.24. The number of likely N-dealkylation sites (N-methyl/N-ethyl adjacent to an activating group) is 1. The van der Waals surface area contributed by atoms with Crippen LogP contribution in [0.5, 0.6) is 5.75 Å². The zero-order valence-corrected chi connectivity index (χ0v) is 16.1. The van der Waals surface area contributed by atoms with Gasteiger partial charge in [0.25, 0.3) is 11.8 Å². The van der Waals surface area contributed by atoms with Gasteiger partial charge in [-0.25, -0.2) is 4.79 Å². The first kappa shape index (κ1) is 20.9. The number of anilines is 1. The third kappa shape index (κ3) is 5.82. The van der Waals surface area contributed by atoms with Gasteiger partial charge in [0, 0.05) is 18.3 Å². The zero-order valence-electron chi connectivity index (χ0n) is 16.1. The van der Waals surface area contributed by atoms with E-state index in [4.69, 9.17) is 4.74 Å². The van der Waals surface area contributed by atoms with Crippen molar-refractivity contribution in [1.82, 2.24) is 10.6 Å². The van der Waals surface area contributed by atoms with Crippen LogP contribution >= 0.6 is 0 Å². The first-order chi connectivity index (χ1) is 13.4. The number of carbonyl (C=O) groups excluding carboxylic acids is 3. The fourth-order valence-electron chi connectivity index (χ4n) is 2.79. The Morgan fingerprint density at radius 2 is 1.68 bits per heavy atom. The van der Waals surface area contributed by atoms with Crippen LogP contribution in [0.2, 0.25) is 0 Å². The van der Waals surface area contributed by atoms with Gasteiger partial charge in [-0.15, -0.1) is 0 Å². The largest absolute Gasteiger partial charge is 0.497 e. The predicted molar refractivity (Wildman–Crippen MR) is 105 cm³/mol. The fourth-order valence-corrected chi connectivity index (χ4v) is 2.79. The number of methoxy groups -OCH3 is 1. The van der Waals surface area contributed by atoms with Crippen molar-refractivity contribution in [2.45, 2.75) is 6.04 Å². The lowest BCUT2D eigenvalue weighted by Crippen LogP contribution is -3.11. The van der Waals surface area contributed by atoms with Crippen LogP contribution in [0.1, 0.15) is 11.6 Å². The van der Waals surface area contributed by atoms with Crippen molar-refractivity contribution < 1.29 is 24.0 Å². The van der Waals surface area contributed by atoms with Crippen LogP contribution in [0, 0.1) is 0 Å². The van der Waals surface area contributed by atoms with E-state index in [1.54, 1.807) is 62.7 Å². The highest BCUT2D eigenvalue weighted by molar-refractivity contribution is 5.97. The van der Waals surface area contributed by atoms with E-state index in [1.165, 1.54) is 7.05 Å². The molecule has 0 spiro atoms. The minimum atomic E-state index is -0.722. The number of urea groups is 1. The molecule has 2 rings (SSSR count). The second kappa shape index (κ2) is 10.1. The smallest absolute Gasteiger partial charge is 0.321 e. The Labute approximate surface area is 163 Å². The summed E-state index contributed by atoms with van der Waals surface area (Å²) >= 11 is 0. The van der Waals surface area contributed by atoms with Crippen molar-refractivity contribution in [3.05, 3.63) is 60.2 Å². The van der Waals surface area contributed by atoms with Gasteiger partial charge in [-0.1, -0.05) is 30.3 Å². The van der Waals surface area contributed by atoms with Crippen LogP contribution < -0.4 is 25.6 Å². The molecule has 2 atom stereocenters. The van der Waals surface area contributed by atoms with Crippen LogP contribution in [0.15, 0.2) is 54.6 Å². The molecule has 8 nitrogen and oxygen atoms in total. The maximum Gasteiger partial charge on any atom is 0.321 e. The Hall–Kier alpha value is -3.39. The number of carbonyl (C=O) groups is 3. The average Bonchev–Trinajstić information content (AvgIpc) is 2.69. The third-order valence-corrected chi connectivity index (χ3v) is 4.16. The molecule has 8 heteroatoms. The Kier molecular flexibility index (Phi) is 7.53. The van der Waals surface area contributed by atoms with Crippen molar-refractivity contribution in [2.75, 3.05) is 33.1 Å². The molecule has 0 heterocycles. The quantitative estimate of drug-likeness (QED) is 0.552. The van der Waals surface area contributed by atoms with Crippen LogP contribution in [0.3, 0.4) is 0 Å². The lowest BCUT2D eigenvalue weighted by atomic mass is 10.0. The summed E-state index contributed by atoms with van der Waals surface area (Å²) in [5.74, 6) is -0.0487. The molecule has 0 bridgehead atoms. The summed E-state index contributed by atoms with van der Waals surface area (Å²) in [5.41, 5.74) is 1.34. The fraction of sp³-hybridized carbons (Fsp3) is 0.250. The normalized spacial score (nSPS) is 12.4. The molecule has 0 aromatic heterocycles. The lowest BCUT2D eigenvalue weighted by molar-refractivity contribution is -0.894. The van der Waals surface area contributed by atoms with Crippen LogP contribution in [0.4, 0.5) is 10.5 Å². The van der Waals surface area contributed by atoms with E-state index in [1.807, 2.05) is 6.07 Å². The number of nitrogens with one attached hydrogen (secondary N) is 4. The molecular formula is C20H25N4O4+. The monoisotopic (exact) mass is 385 g/mol. The Balaban J connectivity index is 2.10. The van der Waals surface area contributed by atoms with Gasteiger partial charge in [0.15, 0.2) is 12.6 Å². The molecule has 0 fully saturated rings. The molecular weight excluding hydrogens is 360 g/mol. The Morgan fingerprint density at radius 3 is 2.25 bits per heavy atom. The molecule has 28 heavy (non-hydrogen) atoms. The van der Waals surface area contributed by atoms with Gasteiger partial charge in [-0.3, -0.25) is 14.9 Å². The molecule has 0 aliphatic heterocycles. The standard InChI is InChI=1S/C20H24N4O4/c1-21-20(27)23-19(26)18(14-7-5-4-6-8-14)24(2)13-17(25)22-15-9-11-16(28-3)12-10-15/h4-12,18H,13H2,1-3H3,(H,22,25)(H2,21,23,26,27)/p+1/t18-/m0/s1. The van der Waals surface area contributed by atoms with E-state index in [0.29, 0.717) is 21.9 Å². The maximum absolute atomic E-state index is 12.6. The number of hydrogen-bond donors (Lipinski definition) is 4. The summed E-state index contributed by atoms with van der Waals surface area (Å²) in [7, 11) is 4.73. The molecule has 0 aliphatic carbocycles. The predicted octanol–water partition coefficient (Wildman–Crippen LogP) is 0.345. The zero-order chi connectivity index (χ0) is 20.5. The number of imide groups is 1. The van der Waals surface area contributed by atoms with Crippen molar-refractivity contribution in [3.63, 3.8) is 0 Å². The molecule has 0 radical (unpaired) electrons. The van der Waals surface area contributed by atoms with Crippen LogP contribution in [0.25, 0.3) is 0 Å². The maximum atomic E-state index is 12.6. The van der Waals surface area contributed by atoms with E-state index in [2.05, 4.69) is 16.0 Å². The van der Waals surface area contributed by atoms with E-state index in [0.717, 1.165) is 0 Å². The SMILES string of the molecule is CNC(=O)NC(=O)[C@H](c1ccccc1)[NH+](C)CC(=O)Nc1ccc(OC)cc1. The average molecular weight is 385 g/mol. The summed E-state index contributed by atoms with van der Waals surface area (Å²) in [4.78, 5) is 37.2. The highest BCUT2D eigenvalue weighted by Crippen LogP contribution is 2.14. The van der Waals surface area contributed by atoms with E-state index in [9.17, 15) is 14.4 Å². The van der Waals surface area contributed by atoms with Gasteiger partial charge >= 0.3 is 6.03 Å². The van der Waals surface area contributed by atoms with Crippen molar-refractivity contribution in [1.29, 1.82) is 0 Å². The molecule has 1 unspecified atom stereocenters. The van der Waals surface area contributed by atoms with E-state index < -0.39 is 18.0 Å². The summed E-state index contributed by atoms with van der Waals surface area (Å²) in [5, 5.41) is 7.44. The van der Waals surface area contributed by atoms with Crippen molar-refractivity contribution in [2.24, 2.45) is 0 Å². The topological polar surface area (TPSA) is 101 Å². The number of rotatable bonds is 7. The summed E-state index contributed by atoms with van der Waals surface area (Å²) in [6.07, 6.45) is 0. The highest BCUT2D eigenvalue weighted by Gasteiger charge is 2.31. The van der Waals surface area contributed by atoms with Crippen molar-refractivity contribution in [3.8, 4) is 5.75 Å². The number of hydrogen-bond acceptors (Lipinski definition) is 4. The molecule has 0 saturated heterocycles. The van der Waals surface area contributed by atoms with Crippen LogP contribution in [-0.4, -0.2) is 45.6 Å². The Bertz CT molecular complexity index is 809. The molecule has 148 valence electrons. The van der Waals surface area contributed by atoms with E-state index >= 15 is 0 Å². The number of benzene rings is 2. The number of ether oxygens (including phenoxy) is 1. The third-order valence-electron chi connectivity index (χ3n) is 4.16. The molecule has 0 saturated carbocycles. The second-order valence-electron chi connectivity index (χ2n) is 6.21. The summed E-state index contributed by atoms with van der Waals surface area (Å²) in [6.45, 7) is 0.0345. The highest BCUT2D eigenvalue weighted by atomic mass is 16.5.